The fourth-order valence-corrected chi connectivity index (χ4v) is 3.57. The molecule has 0 spiro atoms. The Hall–Kier alpha value is -3.67. The summed E-state index contributed by atoms with van der Waals surface area (Å²) < 4.78 is 7.12. The van der Waals surface area contributed by atoms with Crippen LogP contribution in [0.3, 0.4) is 0 Å². The third kappa shape index (κ3) is 2.45. The summed E-state index contributed by atoms with van der Waals surface area (Å²) in [6.07, 6.45) is 2.50. The van der Waals surface area contributed by atoms with E-state index in [9.17, 15) is 0 Å². The van der Waals surface area contributed by atoms with Gasteiger partial charge in [0.1, 0.15) is 11.3 Å². The standard InChI is InChI=1S/C21H17N5O/c1-27-19-9-3-6-16-18-12-14(25-26(18)21(22)24-20(16)19)11-13-5-2-8-17-15(13)7-4-10-23-17/h2-10,12H,11H2,1H3,(H2,22,24). The highest BCUT2D eigenvalue weighted by molar-refractivity contribution is 5.97. The van der Waals surface area contributed by atoms with Gasteiger partial charge >= 0.3 is 0 Å². The van der Waals surface area contributed by atoms with Crippen molar-refractivity contribution in [2.24, 2.45) is 0 Å². The van der Waals surface area contributed by atoms with Crippen LogP contribution in [0.2, 0.25) is 0 Å². The molecule has 2 aromatic carbocycles. The second-order valence-corrected chi connectivity index (χ2v) is 6.42. The zero-order valence-corrected chi connectivity index (χ0v) is 14.8. The number of fused-ring (bicyclic) bond motifs is 4. The topological polar surface area (TPSA) is 78.3 Å². The molecule has 0 saturated heterocycles. The molecule has 0 radical (unpaired) electrons. The number of para-hydroxylation sites is 1. The average molecular weight is 355 g/mol. The molecule has 5 aromatic rings. The summed E-state index contributed by atoms with van der Waals surface area (Å²) in [6, 6.07) is 18.1. The third-order valence-corrected chi connectivity index (χ3v) is 4.81. The first-order valence-corrected chi connectivity index (χ1v) is 8.68. The van der Waals surface area contributed by atoms with Gasteiger partial charge in [0, 0.05) is 23.4 Å². The predicted molar refractivity (Wildman–Crippen MR) is 106 cm³/mol. The Morgan fingerprint density at radius 2 is 1.89 bits per heavy atom. The van der Waals surface area contributed by atoms with Crippen LogP contribution in [-0.4, -0.2) is 26.7 Å². The number of nitrogens with two attached hydrogens (primary N) is 1. The molecular weight excluding hydrogens is 338 g/mol. The van der Waals surface area contributed by atoms with E-state index in [2.05, 4.69) is 33.3 Å². The highest BCUT2D eigenvalue weighted by Gasteiger charge is 2.14. The van der Waals surface area contributed by atoms with Gasteiger partial charge in [-0.25, -0.2) is 4.98 Å². The van der Waals surface area contributed by atoms with E-state index in [1.165, 1.54) is 5.56 Å². The van der Waals surface area contributed by atoms with Crippen molar-refractivity contribution in [1.29, 1.82) is 0 Å². The maximum absolute atomic E-state index is 6.17. The number of aromatic nitrogens is 4. The van der Waals surface area contributed by atoms with Gasteiger partial charge in [-0.1, -0.05) is 30.3 Å². The first-order valence-electron chi connectivity index (χ1n) is 8.68. The summed E-state index contributed by atoms with van der Waals surface area (Å²) in [5.74, 6) is 1.04. The Bertz CT molecular complexity index is 1300. The van der Waals surface area contributed by atoms with Crippen molar-refractivity contribution in [2.75, 3.05) is 12.8 Å². The van der Waals surface area contributed by atoms with E-state index in [-0.39, 0.29) is 0 Å². The van der Waals surface area contributed by atoms with Crippen LogP contribution < -0.4 is 10.5 Å². The number of ether oxygens (including phenoxy) is 1. The van der Waals surface area contributed by atoms with Gasteiger partial charge in [0.15, 0.2) is 0 Å². The van der Waals surface area contributed by atoms with E-state index in [1.807, 2.05) is 42.6 Å². The van der Waals surface area contributed by atoms with Gasteiger partial charge < -0.3 is 10.5 Å². The van der Waals surface area contributed by atoms with Crippen molar-refractivity contribution < 1.29 is 4.74 Å². The first-order chi connectivity index (χ1) is 13.2. The Kier molecular flexibility index (Phi) is 3.43. The van der Waals surface area contributed by atoms with Crippen molar-refractivity contribution in [3.8, 4) is 5.75 Å². The van der Waals surface area contributed by atoms with Gasteiger partial charge in [0.2, 0.25) is 5.95 Å². The fourth-order valence-electron chi connectivity index (χ4n) is 3.57. The lowest BCUT2D eigenvalue weighted by molar-refractivity contribution is 0.419. The fraction of sp³-hybridized carbons (Fsp3) is 0.0952. The lowest BCUT2D eigenvalue weighted by atomic mass is 10.0. The molecule has 6 heteroatoms. The number of benzene rings is 2. The first kappa shape index (κ1) is 15.6. The number of nitrogen functional groups attached to an aromatic ring is 1. The summed E-state index contributed by atoms with van der Waals surface area (Å²) in [6.45, 7) is 0. The van der Waals surface area contributed by atoms with Crippen LogP contribution in [0, 0.1) is 0 Å². The number of anilines is 1. The molecule has 27 heavy (non-hydrogen) atoms. The molecule has 0 amide bonds. The molecule has 3 heterocycles. The smallest absolute Gasteiger partial charge is 0.222 e. The number of hydrogen-bond donors (Lipinski definition) is 1. The molecule has 0 atom stereocenters. The number of hydrogen-bond acceptors (Lipinski definition) is 5. The van der Waals surface area contributed by atoms with Gasteiger partial charge in [-0.2, -0.15) is 9.61 Å². The van der Waals surface area contributed by atoms with Crippen molar-refractivity contribution in [3.05, 3.63) is 72.1 Å². The summed E-state index contributed by atoms with van der Waals surface area (Å²) in [4.78, 5) is 8.92. The Balaban J connectivity index is 1.68. The molecule has 132 valence electrons. The van der Waals surface area contributed by atoms with E-state index < -0.39 is 0 Å². The Morgan fingerprint density at radius 1 is 1.04 bits per heavy atom. The van der Waals surface area contributed by atoms with E-state index in [0.717, 1.165) is 33.0 Å². The highest BCUT2D eigenvalue weighted by Crippen LogP contribution is 2.29. The second kappa shape index (κ2) is 5.95. The van der Waals surface area contributed by atoms with Crippen LogP contribution in [0.15, 0.2) is 60.8 Å². The zero-order chi connectivity index (χ0) is 18.4. The summed E-state index contributed by atoms with van der Waals surface area (Å²) >= 11 is 0. The summed E-state index contributed by atoms with van der Waals surface area (Å²) in [7, 11) is 1.63. The number of nitrogens with zero attached hydrogens (tertiary/aromatic N) is 4. The normalized spacial score (nSPS) is 11.4. The van der Waals surface area contributed by atoms with Crippen LogP contribution in [0.5, 0.6) is 5.75 Å². The molecule has 0 bridgehead atoms. The van der Waals surface area contributed by atoms with Crippen LogP contribution >= 0.6 is 0 Å². The Labute approximate surface area is 155 Å². The largest absolute Gasteiger partial charge is 0.494 e. The minimum atomic E-state index is 0.341. The van der Waals surface area contributed by atoms with Crippen LogP contribution in [-0.2, 0) is 6.42 Å². The molecular formula is C21H17N5O. The maximum Gasteiger partial charge on any atom is 0.222 e. The Morgan fingerprint density at radius 3 is 2.78 bits per heavy atom. The van der Waals surface area contributed by atoms with Crippen molar-refractivity contribution in [3.63, 3.8) is 0 Å². The van der Waals surface area contributed by atoms with Crippen LogP contribution in [0.1, 0.15) is 11.3 Å². The van der Waals surface area contributed by atoms with Gasteiger partial charge in [-0.3, -0.25) is 4.98 Å². The van der Waals surface area contributed by atoms with Crippen LogP contribution in [0.4, 0.5) is 5.95 Å². The molecule has 0 saturated carbocycles. The predicted octanol–water partition coefficient (Wildman–Crippen LogP) is 3.61. The molecule has 3 aromatic heterocycles. The number of methoxy groups -OCH3 is 1. The van der Waals surface area contributed by atoms with Crippen LogP contribution in [0.25, 0.3) is 27.3 Å². The van der Waals surface area contributed by atoms with E-state index in [4.69, 9.17) is 10.5 Å². The molecule has 0 fully saturated rings. The van der Waals surface area contributed by atoms with Crippen molar-refractivity contribution in [1.82, 2.24) is 19.6 Å². The van der Waals surface area contributed by atoms with E-state index in [1.54, 1.807) is 11.6 Å². The van der Waals surface area contributed by atoms with Gasteiger partial charge in [0.05, 0.1) is 23.8 Å². The minimum absolute atomic E-state index is 0.341. The van der Waals surface area contributed by atoms with Crippen molar-refractivity contribution in [2.45, 2.75) is 6.42 Å². The minimum Gasteiger partial charge on any atom is -0.494 e. The van der Waals surface area contributed by atoms with Gasteiger partial charge in [-0.05, 0) is 29.8 Å². The average Bonchev–Trinajstić information content (AvgIpc) is 3.13. The lowest BCUT2D eigenvalue weighted by Gasteiger charge is -2.07. The lowest BCUT2D eigenvalue weighted by Crippen LogP contribution is -2.03. The summed E-state index contributed by atoms with van der Waals surface area (Å²) in [5, 5.41) is 6.78. The molecule has 2 N–H and O–H groups in total. The molecule has 6 nitrogen and oxygen atoms in total. The summed E-state index contributed by atoms with van der Waals surface area (Å²) in [5.41, 5.74) is 10.9. The molecule has 0 aliphatic rings. The SMILES string of the molecule is COc1cccc2c1nc(N)n1nc(Cc3cccc4ncccc34)cc21. The maximum atomic E-state index is 6.17. The molecule has 5 rings (SSSR count). The highest BCUT2D eigenvalue weighted by atomic mass is 16.5. The quantitative estimate of drug-likeness (QED) is 0.535. The number of rotatable bonds is 3. The van der Waals surface area contributed by atoms with Gasteiger partial charge in [0.25, 0.3) is 0 Å². The van der Waals surface area contributed by atoms with E-state index in [0.29, 0.717) is 18.1 Å². The molecule has 0 unspecified atom stereocenters. The molecule has 0 aliphatic carbocycles. The van der Waals surface area contributed by atoms with Crippen molar-refractivity contribution >= 4 is 33.3 Å². The van der Waals surface area contributed by atoms with E-state index >= 15 is 0 Å². The molecule has 0 aliphatic heterocycles. The third-order valence-electron chi connectivity index (χ3n) is 4.81. The van der Waals surface area contributed by atoms with Gasteiger partial charge in [-0.15, -0.1) is 0 Å². The monoisotopic (exact) mass is 355 g/mol. The number of pyridine rings is 1. The second-order valence-electron chi connectivity index (χ2n) is 6.42. The zero-order valence-electron chi connectivity index (χ0n) is 14.8.